The summed E-state index contributed by atoms with van der Waals surface area (Å²) in [7, 11) is 0. The number of para-hydroxylation sites is 1. The summed E-state index contributed by atoms with van der Waals surface area (Å²) in [6.07, 6.45) is 0.424. The zero-order valence-electron chi connectivity index (χ0n) is 12.4. The highest BCUT2D eigenvalue weighted by atomic mass is 35.5. The Morgan fingerprint density at radius 3 is 2.29 bits per heavy atom. The van der Waals surface area contributed by atoms with Crippen LogP contribution in [0.3, 0.4) is 0 Å². The maximum Gasteiger partial charge on any atom is 0.228 e. The molecule has 4 nitrogen and oxygen atoms in total. The van der Waals surface area contributed by atoms with E-state index >= 15 is 0 Å². The Morgan fingerprint density at radius 1 is 0.958 bits per heavy atom. The van der Waals surface area contributed by atoms with Crippen LogP contribution in [0.5, 0.6) is 0 Å². The van der Waals surface area contributed by atoms with Crippen molar-refractivity contribution in [3.8, 4) is 0 Å². The van der Waals surface area contributed by atoms with Gasteiger partial charge in [0.2, 0.25) is 11.8 Å². The first kappa shape index (κ1) is 16.7. The van der Waals surface area contributed by atoms with Gasteiger partial charge in [0.25, 0.3) is 0 Å². The number of amides is 2. The van der Waals surface area contributed by atoms with Crippen LogP contribution >= 0.6 is 23.2 Å². The van der Waals surface area contributed by atoms with Crippen molar-refractivity contribution >= 4 is 46.4 Å². The topological polar surface area (TPSA) is 58.2 Å². The summed E-state index contributed by atoms with van der Waals surface area (Å²) >= 11 is 11.7. The van der Waals surface area contributed by atoms with E-state index in [4.69, 9.17) is 23.2 Å². The number of carbonyl (C=O) groups excluding carboxylic acids is 2. The van der Waals surface area contributed by atoms with E-state index in [0.717, 1.165) is 0 Å². The van der Waals surface area contributed by atoms with E-state index in [1.807, 2.05) is 0 Å². The standard InChI is InChI=1S/C17H13Cl2FN2O2/c18-12-6-5-9(7-13(12)19)21-16(23)10-8-11(10)17(24)22-15-4-2-1-3-14(15)20/h1-7,10-11H,8H2,(H,21,23)(H,22,24). The highest BCUT2D eigenvalue weighted by Crippen LogP contribution is 2.40. The van der Waals surface area contributed by atoms with Crippen LogP contribution in [0, 0.1) is 17.7 Å². The molecule has 0 heterocycles. The predicted octanol–water partition coefficient (Wildman–Crippen LogP) is 4.35. The third kappa shape index (κ3) is 3.68. The third-order valence-electron chi connectivity index (χ3n) is 3.78. The molecule has 1 fully saturated rings. The number of anilines is 2. The van der Waals surface area contributed by atoms with E-state index in [9.17, 15) is 14.0 Å². The van der Waals surface area contributed by atoms with Gasteiger partial charge in [-0.15, -0.1) is 0 Å². The highest BCUT2D eigenvalue weighted by Gasteiger charge is 2.48. The number of hydrogen-bond donors (Lipinski definition) is 2. The van der Waals surface area contributed by atoms with Gasteiger partial charge < -0.3 is 10.6 Å². The van der Waals surface area contributed by atoms with Crippen LogP contribution in [-0.4, -0.2) is 11.8 Å². The van der Waals surface area contributed by atoms with Gasteiger partial charge in [-0.2, -0.15) is 0 Å². The van der Waals surface area contributed by atoms with E-state index in [2.05, 4.69) is 10.6 Å². The molecular formula is C17H13Cl2FN2O2. The SMILES string of the molecule is O=C(Nc1ccc(Cl)c(Cl)c1)C1CC1C(=O)Nc1ccccc1F. The largest absolute Gasteiger partial charge is 0.326 e. The van der Waals surface area contributed by atoms with Crippen LogP contribution < -0.4 is 10.6 Å². The van der Waals surface area contributed by atoms with Crippen molar-refractivity contribution in [2.24, 2.45) is 11.8 Å². The van der Waals surface area contributed by atoms with E-state index in [0.29, 0.717) is 22.2 Å². The summed E-state index contributed by atoms with van der Waals surface area (Å²) in [6, 6.07) is 10.6. The Balaban J connectivity index is 1.58. The second-order valence-corrected chi connectivity index (χ2v) is 6.35. The molecule has 1 aliphatic carbocycles. The van der Waals surface area contributed by atoms with Crippen molar-refractivity contribution in [3.05, 3.63) is 58.3 Å². The first-order valence-corrected chi connectivity index (χ1v) is 8.02. The summed E-state index contributed by atoms with van der Waals surface area (Å²) < 4.78 is 13.5. The molecule has 2 amide bonds. The lowest BCUT2D eigenvalue weighted by molar-refractivity contribution is -0.122. The average Bonchev–Trinajstić information content (AvgIpc) is 3.34. The Morgan fingerprint density at radius 2 is 1.62 bits per heavy atom. The van der Waals surface area contributed by atoms with Crippen molar-refractivity contribution in [3.63, 3.8) is 0 Å². The molecule has 3 rings (SSSR count). The monoisotopic (exact) mass is 366 g/mol. The maximum atomic E-state index is 13.5. The van der Waals surface area contributed by atoms with Gasteiger partial charge in [-0.3, -0.25) is 9.59 Å². The Kier molecular flexibility index (Phi) is 4.73. The Hall–Kier alpha value is -2.11. The highest BCUT2D eigenvalue weighted by molar-refractivity contribution is 6.42. The molecule has 0 aromatic heterocycles. The van der Waals surface area contributed by atoms with Crippen molar-refractivity contribution in [2.45, 2.75) is 6.42 Å². The van der Waals surface area contributed by atoms with E-state index in [1.54, 1.807) is 24.3 Å². The lowest BCUT2D eigenvalue weighted by Crippen LogP contribution is -2.21. The Bertz CT molecular complexity index is 813. The average molecular weight is 367 g/mol. The molecule has 2 aromatic carbocycles. The minimum Gasteiger partial charge on any atom is -0.326 e. The normalized spacial score (nSPS) is 18.8. The number of halogens is 3. The van der Waals surface area contributed by atoms with Crippen molar-refractivity contribution in [1.29, 1.82) is 0 Å². The second kappa shape index (κ2) is 6.79. The van der Waals surface area contributed by atoms with Gasteiger partial charge in [-0.25, -0.2) is 4.39 Å². The van der Waals surface area contributed by atoms with Crippen LogP contribution in [0.4, 0.5) is 15.8 Å². The molecule has 1 aliphatic rings. The minimum absolute atomic E-state index is 0.109. The van der Waals surface area contributed by atoms with Gasteiger partial charge in [-0.1, -0.05) is 35.3 Å². The third-order valence-corrected chi connectivity index (χ3v) is 4.52. The molecule has 2 aromatic rings. The van der Waals surface area contributed by atoms with Crippen LogP contribution in [0.1, 0.15) is 6.42 Å². The van der Waals surface area contributed by atoms with E-state index in [1.165, 1.54) is 18.2 Å². The van der Waals surface area contributed by atoms with Gasteiger partial charge in [0.1, 0.15) is 5.82 Å². The van der Waals surface area contributed by atoms with Crippen LogP contribution in [0.15, 0.2) is 42.5 Å². The number of nitrogens with one attached hydrogen (secondary N) is 2. The fourth-order valence-corrected chi connectivity index (χ4v) is 2.67. The molecule has 124 valence electrons. The smallest absolute Gasteiger partial charge is 0.228 e. The number of hydrogen-bond acceptors (Lipinski definition) is 2. The molecule has 2 atom stereocenters. The zero-order valence-corrected chi connectivity index (χ0v) is 13.9. The number of benzene rings is 2. The second-order valence-electron chi connectivity index (χ2n) is 5.54. The van der Waals surface area contributed by atoms with Gasteiger partial charge in [0.15, 0.2) is 0 Å². The molecule has 2 unspecified atom stereocenters. The molecule has 0 bridgehead atoms. The predicted molar refractivity (Wildman–Crippen MR) is 91.7 cm³/mol. The quantitative estimate of drug-likeness (QED) is 0.844. The summed E-state index contributed by atoms with van der Waals surface area (Å²) in [5.41, 5.74) is 0.618. The fourth-order valence-electron chi connectivity index (χ4n) is 2.37. The number of rotatable bonds is 4. The van der Waals surface area contributed by atoms with Crippen LogP contribution in [0.25, 0.3) is 0 Å². The zero-order chi connectivity index (χ0) is 17.3. The molecule has 0 radical (unpaired) electrons. The molecule has 0 saturated heterocycles. The Labute approximate surface area is 148 Å². The van der Waals surface area contributed by atoms with Crippen molar-refractivity contribution in [1.82, 2.24) is 0 Å². The number of carbonyl (C=O) groups is 2. The summed E-state index contributed by atoms with van der Waals surface area (Å²) in [5.74, 6) is -2.06. The summed E-state index contributed by atoms with van der Waals surface area (Å²) in [6.45, 7) is 0. The molecular weight excluding hydrogens is 354 g/mol. The molecule has 2 N–H and O–H groups in total. The van der Waals surface area contributed by atoms with Gasteiger partial charge in [-0.05, 0) is 36.8 Å². The minimum atomic E-state index is -0.511. The molecule has 24 heavy (non-hydrogen) atoms. The van der Waals surface area contributed by atoms with Crippen molar-refractivity contribution < 1.29 is 14.0 Å². The van der Waals surface area contributed by atoms with Gasteiger partial charge in [0, 0.05) is 5.69 Å². The van der Waals surface area contributed by atoms with Crippen LogP contribution in [-0.2, 0) is 9.59 Å². The van der Waals surface area contributed by atoms with E-state index in [-0.39, 0.29) is 17.5 Å². The molecule has 0 spiro atoms. The summed E-state index contributed by atoms with van der Waals surface area (Å²) in [5, 5.41) is 5.93. The van der Waals surface area contributed by atoms with Gasteiger partial charge in [0.05, 0.1) is 27.6 Å². The lowest BCUT2D eigenvalue weighted by atomic mass is 10.2. The summed E-state index contributed by atoms with van der Waals surface area (Å²) in [4.78, 5) is 24.3. The first-order chi connectivity index (χ1) is 11.5. The maximum absolute atomic E-state index is 13.5. The molecule has 7 heteroatoms. The van der Waals surface area contributed by atoms with E-state index < -0.39 is 17.7 Å². The van der Waals surface area contributed by atoms with Crippen molar-refractivity contribution in [2.75, 3.05) is 10.6 Å². The lowest BCUT2D eigenvalue weighted by Gasteiger charge is -2.07. The fraction of sp³-hybridized carbons (Fsp3) is 0.176. The molecule has 1 saturated carbocycles. The molecule has 0 aliphatic heterocycles. The first-order valence-electron chi connectivity index (χ1n) is 7.27. The van der Waals surface area contributed by atoms with Gasteiger partial charge >= 0.3 is 0 Å². The van der Waals surface area contributed by atoms with Crippen LogP contribution in [0.2, 0.25) is 10.0 Å².